The molecule has 2 rings (SSSR count). The molecule has 0 saturated carbocycles. The zero-order valence-electron chi connectivity index (χ0n) is 14.6. The zero-order chi connectivity index (χ0) is 20.0. The molecule has 1 heterocycles. The molecule has 0 unspecified atom stereocenters. The third kappa shape index (κ3) is 5.74. The molecular formula is C18H18Cl2N2O5. The van der Waals surface area contributed by atoms with Gasteiger partial charge in [0, 0.05) is 0 Å². The molecule has 0 bridgehead atoms. The minimum Gasteiger partial charge on any atom is -0.459 e. The second kappa shape index (κ2) is 9.43. The molecule has 9 heteroatoms. The largest absolute Gasteiger partial charge is 0.459 e. The highest BCUT2D eigenvalue weighted by Gasteiger charge is 2.27. The van der Waals surface area contributed by atoms with Crippen LogP contribution < -0.4 is 10.6 Å². The van der Waals surface area contributed by atoms with Crippen LogP contribution in [-0.2, 0) is 14.3 Å². The van der Waals surface area contributed by atoms with Gasteiger partial charge >= 0.3 is 5.97 Å². The Hall–Kier alpha value is -2.51. The Morgan fingerprint density at radius 1 is 1.11 bits per heavy atom. The molecular weight excluding hydrogens is 395 g/mol. The molecule has 2 aromatic rings. The first-order valence-corrected chi connectivity index (χ1v) is 8.80. The van der Waals surface area contributed by atoms with Gasteiger partial charge in [-0.3, -0.25) is 9.59 Å². The maximum atomic E-state index is 12.3. The summed E-state index contributed by atoms with van der Waals surface area (Å²) in [5, 5.41) is 5.53. The van der Waals surface area contributed by atoms with E-state index in [2.05, 4.69) is 10.6 Å². The topological polar surface area (TPSA) is 97.6 Å². The fourth-order valence-electron chi connectivity index (χ4n) is 2.14. The molecule has 7 nitrogen and oxygen atoms in total. The Labute approximate surface area is 166 Å². The van der Waals surface area contributed by atoms with Crippen LogP contribution in [0.1, 0.15) is 24.4 Å². The molecule has 1 atom stereocenters. The Kier molecular flexibility index (Phi) is 7.27. The van der Waals surface area contributed by atoms with E-state index >= 15 is 0 Å². The van der Waals surface area contributed by atoms with Crippen molar-refractivity contribution in [2.24, 2.45) is 5.92 Å². The summed E-state index contributed by atoms with van der Waals surface area (Å²) in [5.41, 5.74) is 0.230. The van der Waals surface area contributed by atoms with E-state index in [0.717, 1.165) is 0 Å². The van der Waals surface area contributed by atoms with E-state index in [4.69, 9.17) is 32.4 Å². The van der Waals surface area contributed by atoms with Crippen molar-refractivity contribution in [3.05, 3.63) is 52.4 Å². The number of nitrogens with one attached hydrogen (secondary N) is 2. The Morgan fingerprint density at radius 3 is 2.33 bits per heavy atom. The highest BCUT2D eigenvalue weighted by atomic mass is 35.5. The van der Waals surface area contributed by atoms with E-state index in [9.17, 15) is 14.4 Å². The normalized spacial score (nSPS) is 11.7. The third-order valence-electron chi connectivity index (χ3n) is 3.52. The molecule has 2 amide bonds. The lowest BCUT2D eigenvalue weighted by Crippen LogP contribution is -2.45. The number of rotatable bonds is 7. The number of carbonyl (C=O) groups is 3. The van der Waals surface area contributed by atoms with E-state index in [1.165, 1.54) is 12.3 Å². The van der Waals surface area contributed by atoms with Gasteiger partial charge in [-0.25, -0.2) is 4.79 Å². The van der Waals surface area contributed by atoms with Gasteiger partial charge in [0.05, 0.1) is 22.0 Å². The lowest BCUT2D eigenvalue weighted by atomic mass is 10.0. The zero-order valence-corrected chi connectivity index (χ0v) is 16.1. The number of anilines is 1. The summed E-state index contributed by atoms with van der Waals surface area (Å²) < 4.78 is 10.0. The van der Waals surface area contributed by atoms with E-state index < -0.39 is 30.4 Å². The number of amides is 2. The van der Waals surface area contributed by atoms with Gasteiger partial charge in [-0.15, -0.1) is 0 Å². The highest BCUT2D eigenvalue weighted by Crippen LogP contribution is 2.29. The molecule has 0 aliphatic heterocycles. The predicted molar refractivity (Wildman–Crippen MR) is 101 cm³/mol. The maximum absolute atomic E-state index is 12.3. The van der Waals surface area contributed by atoms with Gasteiger partial charge in [0.2, 0.25) is 0 Å². The standard InChI is InChI=1S/C18H18Cl2N2O5/c1-10(2)15(22-17(24)13-7-4-8-26-13)18(25)27-9-14(23)21-16-11(19)5-3-6-12(16)20/h3-8,10,15H,9H2,1-2H3,(H,21,23)(H,22,24)/t15-/m0/s1. The molecule has 2 N–H and O–H groups in total. The minimum absolute atomic E-state index is 0.0690. The second-order valence-electron chi connectivity index (χ2n) is 5.92. The smallest absolute Gasteiger partial charge is 0.329 e. The molecule has 0 saturated heterocycles. The summed E-state index contributed by atoms with van der Waals surface area (Å²) in [6, 6.07) is 6.84. The van der Waals surface area contributed by atoms with Gasteiger partial charge in [-0.1, -0.05) is 43.1 Å². The summed E-state index contributed by atoms with van der Waals surface area (Å²) in [6.07, 6.45) is 1.35. The molecule has 0 aliphatic carbocycles. The fraction of sp³-hybridized carbons (Fsp3) is 0.278. The number of benzene rings is 1. The quantitative estimate of drug-likeness (QED) is 0.677. The number of hydrogen-bond donors (Lipinski definition) is 2. The van der Waals surface area contributed by atoms with Crippen LogP contribution in [0.4, 0.5) is 5.69 Å². The van der Waals surface area contributed by atoms with Gasteiger partial charge < -0.3 is 19.8 Å². The molecule has 0 spiro atoms. The number of halogens is 2. The second-order valence-corrected chi connectivity index (χ2v) is 6.74. The van der Waals surface area contributed by atoms with Crippen LogP contribution in [-0.4, -0.2) is 30.4 Å². The molecule has 0 fully saturated rings. The van der Waals surface area contributed by atoms with E-state index in [1.54, 1.807) is 38.1 Å². The summed E-state index contributed by atoms with van der Waals surface area (Å²) in [5.74, 6) is -2.11. The Bertz CT molecular complexity index is 801. The number of esters is 1. The average molecular weight is 413 g/mol. The van der Waals surface area contributed by atoms with Crippen LogP contribution in [0.3, 0.4) is 0 Å². The highest BCUT2D eigenvalue weighted by molar-refractivity contribution is 6.39. The van der Waals surface area contributed by atoms with Gasteiger partial charge in [0.25, 0.3) is 11.8 Å². The molecule has 1 aromatic heterocycles. The number of para-hydroxylation sites is 1. The lowest BCUT2D eigenvalue weighted by Gasteiger charge is -2.20. The Morgan fingerprint density at radius 2 is 1.78 bits per heavy atom. The van der Waals surface area contributed by atoms with Crippen molar-refractivity contribution >= 4 is 46.7 Å². The monoisotopic (exact) mass is 412 g/mol. The first-order chi connectivity index (χ1) is 12.8. The van der Waals surface area contributed by atoms with Crippen molar-refractivity contribution in [2.75, 3.05) is 11.9 Å². The molecule has 1 aromatic carbocycles. The predicted octanol–water partition coefficient (Wildman–Crippen LogP) is 3.52. The van der Waals surface area contributed by atoms with E-state index in [1.807, 2.05) is 0 Å². The first-order valence-electron chi connectivity index (χ1n) is 8.04. The SMILES string of the molecule is CC(C)[C@H](NC(=O)c1ccco1)C(=O)OCC(=O)Nc1c(Cl)cccc1Cl. The minimum atomic E-state index is -0.945. The third-order valence-corrected chi connectivity index (χ3v) is 4.15. The van der Waals surface area contributed by atoms with Crippen LogP contribution in [0.25, 0.3) is 0 Å². The van der Waals surface area contributed by atoms with Crippen molar-refractivity contribution in [3.8, 4) is 0 Å². The van der Waals surface area contributed by atoms with E-state index in [0.29, 0.717) is 0 Å². The summed E-state index contributed by atoms with van der Waals surface area (Å²) in [6.45, 7) is 2.91. The van der Waals surface area contributed by atoms with Crippen molar-refractivity contribution in [3.63, 3.8) is 0 Å². The number of furan rings is 1. The van der Waals surface area contributed by atoms with Crippen molar-refractivity contribution in [1.82, 2.24) is 5.32 Å². The lowest BCUT2D eigenvalue weighted by molar-refractivity contribution is -0.150. The first kappa shape index (κ1) is 20.8. The summed E-state index contributed by atoms with van der Waals surface area (Å²) in [7, 11) is 0. The molecule has 0 aliphatic rings. The summed E-state index contributed by atoms with van der Waals surface area (Å²) in [4.78, 5) is 36.4. The van der Waals surface area contributed by atoms with Crippen LogP contribution in [0.5, 0.6) is 0 Å². The number of ether oxygens (including phenoxy) is 1. The maximum Gasteiger partial charge on any atom is 0.329 e. The van der Waals surface area contributed by atoms with Gasteiger partial charge in [0.1, 0.15) is 6.04 Å². The average Bonchev–Trinajstić information content (AvgIpc) is 3.15. The van der Waals surface area contributed by atoms with Gasteiger partial charge in [-0.05, 0) is 30.2 Å². The molecule has 0 radical (unpaired) electrons. The fourth-order valence-corrected chi connectivity index (χ4v) is 2.63. The summed E-state index contributed by atoms with van der Waals surface area (Å²) >= 11 is 11.9. The van der Waals surface area contributed by atoms with Crippen LogP contribution in [0.15, 0.2) is 41.0 Å². The number of hydrogen-bond acceptors (Lipinski definition) is 5. The van der Waals surface area contributed by atoms with Crippen molar-refractivity contribution in [2.45, 2.75) is 19.9 Å². The van der Waals surface area contributed by atoms with Gasteiger partial charge in [0.15, 0.2) is 12.4 Å². The number of carbonyl (C=O) groups excluding carboxylic acids is 3. The van der Waals surface area contributed by atoms with Crippen LogP contribution >= 0.6 is 23.2 Å². The van der Waals surface area contributed by atoms with Crippen molar-refractivity contribution < 1.29 is 23.5 Å². The van der Waals surface area contributed by atoms with E-state index in [-0.39, 0.29) is 27.4 Å². The molecule has 27 heavy (non-hydrogen) atoms. The van der Waals surface area contributed by atoms with Gasteiger partial charge in [-0.2, -0.15) is 0 Å². The molecule has 144 valence electrons. The van der Waals surface area contributed by atoms with Crippen molar-refractivity contribution in [1.29, 1.82) is 0 Å². The van der Waals surface area contributed by atoms with Crippen LogP contribution in [0, 0.1) is 5.92 Å². The van der Waals surface area contributed by atoms with Crippen LogP contribution in [0.2, 0.25) is 10.0 Å². The Balaban J connectivity index is 1.93.